The maximum absolute atomic E-state index is 11.8. The van der Waals surface area contributed by atoms with E-state index in [1.54, 1.807) is 0 Å². The summed E-state index contributed by atoms with van der Waals surface area (Å²) in [5, 5.41) is 6.71. The predicted octanol–water partition coefficient (Wildman–Crippen LogP) is -0.0953. The first-order chi connectivity index (χ1) is 9.79. The summed E-state index contributed by atoms with van der Waals surface area (Å²) in [6.07, 6.45) is 2.89. The van der Waals surface area contributed by atoms with Crippen molar-refractivity contribution in [2.24, 2.45) is 5.73 Å². The van der Waals surface area contributed by atoms with Crippen LogP contribution >= 0.6 is 0 Å². The fourth-order valence-electron chi connectivity index (χ4n) is 1.65. The van der Waals surface area contributed by atoms with Gasteiger partial charge in [0.25, 0.3) is 0 Å². The minimum atomic E-state index is -0.128. The molecule has 0 spiro atoms. The lowest BCUT2D eigenvalue weighted by Crippen LogP contribution is -2.27. The predicted molar refractivity (Wildman–Crippen MR) is 74.2 cm³/mol. The van der Waals surface area contributed by atoms with Crippen LogP contribution in [0.15, 0.2) is 36.9 Å². The minimum absolute atomic E-state index is 0.128. The van der Waals surface area contributed by atoms with E-state index in [1.165, 1.54) is 17.3 Å². The first-order valence-corrected chi connectivity index (χ1v) is 6.15. The second kappa shape index (κ2) is 7.07. The Labute approximate surface area is 117 Å². The van der Waals surface area contributed by atoms with Gasteiger partial charge in [-0.05, 0) is 11.6 Å². The zero-order chi connectivity index (χ0) is 14.2. The summed E-state index contributed by atoms with van der Waals surface area (Å²) in [5.41, 5.74) is 7.20. The van der Waals surface area contributed by atoms with Gasteiger partial charge in [0.05, 0.1) is 6.54 Å². The van der Waals surface area contributed by atoms with E-state index in [0.29, 0.717) is 13.1 Å². The molecule has 0 aliphatic carbocycles. The van der Waals surface area contributed by atoms with Crippen LogP contribution in [0.4, 0.5) is 0 Å². The van der Waals surface area contributed by atoms with E-state index < -0.39 is 0 Å². The fraction of sp³-hybridized carbons (Fsp3) is 0.214. The molecule has 0 bridgehead atoms. The molecule has 0 fully saturated rings. The van der Waals surface area contributed by atoms with Crippen molar-refractivity contribution < 1.29 is 4.79 Å². The highest BCUT2D eigenvalue weighted by Gasteiger charge is 2.04. The molecular weight excluding hydrogens is 254 g/mol. The molecule has 1 heterocycles. The summed E-state index contributed by atoms with van der Waals surface area (Å²) >= 11 is 0. The highest BCUT2D eigenvalue weighted by atomic mass is 16.2. The number of nitrogens with zero attached hydrogens (tertiary/aromatic N) is 3. The van der Waals surface area contributed by atoms with Gasteiger partial charge in [-0.15, -0.1) is 0 Å². The number of hydrogen-bond donors (Lipinski definition) is 2. The molecule has 0 saturated carbocycles. The Hall–Kier alpha value is -2.65. The molecule has 1 aromatic heterocycles. The molecule has 0 aliphatic rings. The number of rotatable bonds is 4. The standard InChI is InChI=1S/C14H15N5O/c15-7-3-6-12-4-1-2-5-13(12)8-17-14(20)9-19-11-16-10-18-19/h1-2,4-5,10-11H,7-9,15H2,(H,17,20). The third-order valence-corrected chi connectivity index (χ3v) is 2.59. The van der Waals surface area contributed by atoms with Crippen molar-refractivity contribution in [3.63, 3.8) is 0 Å². The van der Waals surface area contributed by atoms with Gasteiger partial charge in [-0.2, -0.15) is 5.10 Å². The molecule has 2 aromatic rings. The van der Waals surface area contributed by atoms with E-state index in [-0.39, 0.29) is 12.5 Å². The number of benzene rings is 1. The lowest BCUT2D eigenvalue weighted by Gasteiger charge is -2.07. The van der Waals surface area contributed by atoms with Crippen LogP contribution in [0.25, 0.3) is 0 Å². The fourth-order valence-corrected chi connectivity index (χ4v) is 1.65. The summed E-state index contributed by atoms with van der Waals surface area (Å²) in [6, 6.07) is 7.64. The largest absolute Gasteiger partial charge is 0.350 e. The van der Waals surface area contributed by atoms with E-state index in [9.17, 15) is 4.79 Å². The molecular formula is C14H15N5O. The van der Waals surface area contributed by atoms with E-state index >= 15 is 0 Å². The van der Waals surface area contributed by atoms with Crippen molar-refractivity contribution in [2.45, 2.75) is 13.1 Å². The molecule has 0 unspecified atom stereocenters. The summed E-state index contributed by atoms with van der Waals surface area (Å²) in [4.78, 5) is 15.5. The maximum atomic E-state index is 11.8. The summed E-state index contributed by atoms with van der Waals surface area (Å²) in [6.45, 7) is 0.882. The normalized spacial score (nSPS) is 9.65. The Bertz CT molecular complexity index is 625. The van der Waals surface area contributed by atoms with Crippen LogP contribution in [0.3, 0.4) is 0 Å². The number of carbonyl (C=O) groups is 1. The highest BCUT2D eigenvalue weighted by Crippen LogP contribution is 2.06. The van der Waals surface area contributed by atoms with Crippen LogP contribution in [0.1, 0.15) is 11.1 Å². The van der Waals surface area contributed by atoms with Crippen LogP contribution in [-0.2, 0) is 17.9 Å². The first-order valence-electron chi connectivity index (χ1n) is 6.15. The molecule has 3 N–H and O–H groups in total. The van der Waals surface area contributed by atoms with E-state index in [4.69, 9.17) is 5.73 Å². The third kappa shape index (κ3) is 3.93. The molecule has 102 valence electrons. The van der Waals surface area contributed by atoms with Crippen molar-refractivity contribution in [3.05, 3.63) is 48.0 Å². The average molecular weight is 269 g/mol. The van der Waals surface area contributed by atoms with Crippen LogP contribution in [-0.4, -0.2) is 27.2 Å². The lowest BCUT2D eigenvalue weighted by atomic mass is 10.1. The second-order valence-electron chi connectivity index (χ2n) is 4.03. The maximum Gasteiger partial charge on any atom is 0.242 e. The molecule has 0 aliphatic heterocycles. The van der Waals surface area contributed by atoms with Crippen molar-refractivity contribution in [1.29, 1.82) is 0 Å². The Morgan fingerprint density at radius 3 is 3.00 bits per heavy atom. The number of carbonyl (C=O) groups excluding carboxylic acids is 1. The molecule has 20 heavy (non-hydrogen) atoms. The summed E-state index contributed by atoms with van der Waals surface area (Å²) in [5.74, 6) is 5.67. The molecule has 0 saturated heterocycles. The first kappa shape index (κ1) is 13.8. The molecule has 1 amide bonds. The number of amides is 1. The molecule has 2 rings (SSSR count). The van der Waals surface area contributed by atoms with Crippen LogP contribution < -0.4 is 11.1 Å². The highest BCUT2D eigenvalue weighted by molar-refractivity contribution is 5.75. The van der Waals surface area contributed by atoms with Gasteiger partial charge in [-0.25, -0.2) is 9.67 Å². The SMILES string of the molecule is NCC#Cc1ccccc1CNC(=O)Cn1cncn1. The molecule has 0 radical (unpaired) electrons. The number of nitrogens with two attached hydrogens (primary N) is 1. The van der Waals surface area contributed by atoms with Gasteiger partial charge in [0, 0.05) is 12.1 Å². The monoisotopic (exact) mass is 269 g/mol. The summed E-state index contributed by atoms with van der Waals surface area (Å²) < 4.78 is 1.47. The van der Waals surface area contributed by atoms with Gasteiger partial charge >= 0.3 is 0 Å². The second-order valence-corrected chi connectivity index (χ2v) is 4.03. The zero-order valence-corrected chi connectivity index (χ0v) is 10.9. The van der Waals surface area contributed by atoms with Gasteiger partial charge in [0.1, 0.15) is 19.2 Å². The van der Waals surface area contributed by atoms with Crippen molar-refractivity contribution >= 4 is 5.91 Å². The van der Waals surface area contributed by atoms with Gasteiger partial charge in [0.15, 0.2) is 0 Å². The van der Waals surface area contributed by atoms with Gasteiger partial charge in [0.2, 0.25) is 5.91 Å². The third-order valence-electron chi connectivity index (χ3n) is 2.59. The molecule has 6 nitrogen and oxygen atoms in total. The lowest BCUT2D eigenvalue weighted by molar-refractivity contribution is -0.122. The Morgan fingerprint density at radius 1 is 1.40 bits per heavy atom. The smallest absolute Gasteiger partial charge is 0.242 e. The number of nitrogens with one attached hydrogen (secondary N) is 1. The van der Waals surface area contributed by atoms with E-state index in [2.05, 4.69) is 27.2 Å². The van der Waals surface area contributed by atoms with Crippen LogP contribution in [0, 0.1) is 11.8 Å². The van der Waals surface area contributed by atoms with Crippen molar-refractivity contribution in [1.82, 2.24) is 20.1 Å². The minimum Gasteiger partial charge on any atom is -0.350 e. The summed E-state index contributed by atoms with van der Waals surface area (Å²) in [7, 11) is 0. The Kier molecular flexibility index (Phi) is 4.87. The number of aromatic nitrogens is 3. The Morgan fingerprint density at radius 2 is 2.25 bits per heavy atom. The molecule has 0 atom stereocenters. The van der Waals surface area contributed by atoms with Gasteiger partial charge in [-0.3, -0.25) is 4.79 Å². The van der Waals surface area contributed by atoms with Crippen LogP contribution in [0.5, 0.6) is 0 Å². The van der Waals surface area contributed by atoms with Gasteiger partial charge in [-0.1, -0.05) is 30.0 Å². The number of hydrogen-bond acceptors (Lipinski definition) is 4. The van der Waals surface area contributed by atoms with Gasteiger partial charge < -0.3 is 11.1 Å². The van der Waals surface area contributed by atoms with E-state index in [1.807, 2.05) is 24.3 Å². The molecule has 6 heteroatoms. The topological polar surface area (TPSA) is 85.8 Å². The van der Waals surface area contributed by atoms with Crippen LogP contribution in [0.2, 0.25) is 0 Å². The molecule has 1 aromatic carbocycles. The van der Waals surface area contributed by atoms with Crippen molar-refractivity contribution in [3.8, 4) is 11.8 Å². The average Bonchev–Trinajstić information content (AvgIpc) is 2.96. The van der Waals surface area contributed by atoms with Crippen molar-refractivity contribution in [2.75, 3.05) is 6.54 Å². The Balaban J connectivity index is 1.95. The van der Waals surface area contributed by atoms with E-state index in [0.717, 1.165) is 11.1 Å². The quantitative estimate of drug-likeness (QED) is 0.759. The zero-order valence-electron chi connectivity index (χ0n) is 10.9.